The van der Waals surface area contributed by atoms with E-state index in [1.807, 2.05) is 32.9 Å². The molecule has 0 saturated carbocycles. The van der Waals surface area contributed by atoms with Gasteiger partial charge in [0.1, 0.15) is 5.82 Å². The largest absolute Gasteiger partial charge is 0.326 e. The maximum atomic E-state index is 12.3. The van der Waals surface area contributed by atoms with Crippen LogP contribution in [0.5, 0.6) is 0 Å². The van der Waals surface area contributed by atoms with E-state index in [1.54, 1.807) is 0 Å². The first kappa shape index (κ1) is 19.4. The summed E-state index contributed by atoms with van der Waals surface area (Å²) >= 11 is 0. The fourth-order valence-corrected chi connectivity index (χ4v) is 4.44. The minimum absolute atomic E-state index is 0.0269. The van der Waals surface area contributed by atoms with Gasteiger partial charge in [0, 0.05) is 36.8 Å². The number of carbonyl (C=O) groups is 1. The summed E-state index contributed by atoms with van der Waals surface area (Å²) in [6.45, 7) is 14.6. The molecule has 0 unspecified atom stereocenters. The van der Waals surface area contributed by atoms with Crippen molar-refractivity contribution < 1.29 is 4.79 Å². The van der Waals surface area contributed by atoms with Gasteiger partial charge in [-0.25, -0.2) is 4.98 Å². The molecule has 1 aromatic carbocycles. The maximum Gasteiger partial charge on any atom is 0.229 e. The van der Waals surface area contributed by atoms with Gasteiger partial charge in [0.2, 0.25) is 5.91 Å². The normalized spacial score (nSPS) is 21.2. The number of anilines is 1. The number of carbonyl (C=O) groups excluding carboxylic acids is 1. The van der Waals surface area contributed by atoms with Crippen molar-refractivity contribution in [2.45, 2.75) is 59.7 Å². The molecule has 2 aliphatic heterocycles. The standard InChI is InChI=1S/C22H33N5O/c1-5-26-10-6-7-17(26)14-25-11-12-27-19-9-8-16(23-21(28)22(2,3)4)13-18(19)24-20(27)15-25/h8-9,13,17H,5-7,10-12,14-15H2,1-4H3,(H,23,28)/t17-/m0/s1. The van der Waals surface area contributed by atoms with E-state index in [-0.39, 0.29) is 5.91 Å². The third-order valence-electron chi connectivity index (χ3n) is 6.15. The fraction of sp³-hybridized carbons (Fsp3) is 0.636. The Balaban J connectivity index is 1.49. The predicted molar refractivity (Wildman–Crippen MR) is 113 cm³/mol. The van der Waals surface area contributed by atoms with Crippen LogP contribution in [0.2, 0.25) is 0 Å². The Kier molecular flexibility index (Phi) is 5.19. The molecule has 4 rings (SSSR count). The predicted octanol–water partition coefficient (Wildman–Crippen LogP) is 3.32. The van der Waals surface area contributed by atoms with Gasteiger partial charge in [-0.2, -0.15) is 0 Å². The minimum atomic E-state index is -0.407. The van der Waals surface area contributed by atoms with Crippen LogP contribution in [-0.2, 0) is 17.9 Å². The zero-order valence-electron chi connectivity index (χ0n) is 17.7. The highest BCUT2D eigenvalue weighted by atomic mass is 16.2. The van der Waals surface area contributed by atoms with E-state index >= 15 is 0 Å². The zero-order chi connectivity index (χ0) is 19.9. The number of nitrogens with one attached hydrogen (secondary N) is 1. The summed E-state index contributed by atoms with van der Waals surface area (Å²) in [5, 5.41) is 3.02. The number of hydrogen-bond acceptors (Lipinski definition) is 4. The van der Waals surface area contributed by atoms with Gasteiger partial charge in [0.05, 0.1) is 17.6 Å². The number of likely N-dealkylation sites (tertiary alicyclic amines) is 1. The highest BCUT2D eigenvalue weighted by Gasteiger charge is 2.28. The Hall–Kier alpha value is -1.92. The molecule has 1 fully saturated rings. The van der Waals surface area contributed by atoms with Gasteiger partial charge in [0.15, 0.2) is 0 Å². The van der Waals surface area contributed by atoms with Crippen molar-refractivity contribution in [1.82, 2.24) is 19.4 Å². The molecule has 2 aliphatic rings. The van der Waals surface area contributed by atoms with Gasteiger partial charge >= 0.3 is 0 Å². The van der Waals surface area contributed by atoms with Crippen LogP contribution in [0.25, 0.3) is 11.0 Å². The van der Waals surface area contributed by atoms with Crippen LogP contribution < -0.4 is 5.32 Å². The molecule has 3 heterocycles. The maximum absolute atomic E-state index is 12.3. The smallest absolute Gasteiger partial charge is 0.229 e. The highest BCUT2D eigenvalue weighted by molar-refractivity contribution is 5.96. The van der Waals surface area contributed by atoms with Gasteiger partial charge in [0.25, 0.3) is 0 Å². The van der Waals surface area contributed by atoms with Gasteiger partial charge in [-0.3, -0.25) is 14.6 Å². The number of nitrogens with zero attached hydrogens (tertiary/aromatic N) is 4. The minimum Gasteiger partial charge on any atom is -0.326 e. The lowest BCUT2D eigenvalue weighted by atomic mass is 9.95. The second kappa shape index (κ2) is 7.48. The third-order valence-corrected chi connectivity index (χ3v) is 6.15. The molecule has 2 aromatic rings. The second-order valence-electron chi connectivity index (χ2n) is 9.25. The number of likely N-dealkylation sites (N-methyl/N-ethyl adjacent to an activating group) is 1. The summed E-state index contributed by atoms with van der Waals surface area (Å²) in [5.74, 6) is 1.17. The van der Waals surface area contributed by atoms with Gasteiger partial charge in [-0.15, -0.1) is 0 Å². The van der Waals surface area contributed by atoms with E-state index in [4.69, 9.17) is 4.98 Å². The van der Waals surface area contributed by atoms with Crippen molar-refractivity contribution in [2.75, 3.05) is 31.5 Å². The number of hydrogen-bond donors (Lipinski definition) is 1. The Bertz CT molecular complexity index is 866. The molecule has 0 aliphatic carbocycles. The lowest BCUT2D eigenvalue weighted by molar-refractivity contribution is -0.123. The van der Waals surface area contributed by atoms with Crippen molar-refractivity contribution in [3.8, 4) is 0 Å². The topological polar surface area (TPSA) is 53.4 Å². The number of imidazole rings is 1. The Morgan fingerprint density at radius 2 is 2.07 bits per heavy atom. The Labute approximate surface area is 167 Å². The summed E-state index contributed by atoms with van der Waals surface area (Å²) in [4.78, 5) is 22.4. The number of amides is 1. The van der Waals surface area contributed by atoms with E-state index in [2.05, 4.69) is 32.7 Å². The molecular weight excluding hydrogens is 350 g/mol. The molecule has 28 heavy (non-hydrogen) atoms. The van der Waals surface area contributed by atoms with E-state index < -0.39 is 5.41 Å². The Morgan fingerprint density at radius 3 is 2.82 bits per heavy atom. The quantitative estimate of drug-likeness (QED) is 0.880. The first-order valence-electron chi connectivity index (χ1n) is 10.6. The molecule has 0 radical (unpaired) electrons. The van der Waals surface area contributed by atoms with Gasteiger partial charge < -0.3 is 9.88 Å². The average Bonchev–Trinajstić information content (AvgIpc) is 3.23. The number of rotatable bonds is 4. The van der Waals surface area contributed by atoms with Crippen LogP contribution in [-0.4, -0.2) is 57.5 Å². The molecule has 1 atom stereocenters. The third kappa shape index (κ3) is 3.80. The molecule has 1 amide bonds. The van der Waals surface area contributed by atoms with E-state index in [9.17, 15) is 4.79 Å². The van der Waals surface area contributed by atoms with E-state index in [0.717, 1.165) is 49.8 Å². The van der Waals surface area contributed by atoms with Crippen molar-refractivity contribution in [3.63, 3.8) is 0 Å². The number of fused-ring (bicyclic) bond motifs is 3. The van der Waals surface area contributed by atoms with E-state index in [1.165, 1.54) is 24.9 Å². The number of aromatic nitrogens is 2. The van der Waals surface area contributed by atoms with Crippen LogP contribution in [0, 0.1) is 5.41 Å². The molecule has 1 aromatic heterocycles. The van der Waals surface area contributed by atoms with Crippen molar-refractivity contribution in [2.24, 2.45) is 5.41 Å². The summed E-state index contributed by atoms with van der Waals surface area (Å²) in [5.41, 5.74) is 2.55. The van der Waals surface area contributed by atoms with Crippen molar-refractivity contribution in [3.05, 3.63) is 24.0 Å². The van der Waals surface area contributed by atoms with Crippen LogP contribution in [0.4, 0.5) is 5.69 Å². The number of benzene rings is 1. The van der Waals surface area contributed by atoms with Gasteiger partial charge in [-0.1, -0.05) is 27.7 Å². The summed E-state index contributed by atoms with van der Waals surface area (Å²) in [6.07, 6.45) is 2.64. The molecule has 0 spiro atoms. The lowest BCUT2D eigenvalue weighted by Crippen LogP contribution is -2.43. The molecule has 152 valence electrons. The van der Waals surface area contributed by atoms with Crippen LogP contribution in [0.3, 0.4) is 0 Å². The van der Waals surface area contributed by atoms with Crippen LogP contribution in [0.1, 0.15) is 46.4 Å². The zero-order valence-corrected chi connectivity index (χ0v) is 17.7. The average molecular weight is 384 g/mol. The highest BCUT2D eigenvalue weighted by Crippen LogP contribution is 2.26. The molecule has 1 saturated heterocycles. The molecule has 1 N–H and O–H groups in total. The molecule has 0 bridgehead atoms. The monoisotopic (exact) mass is 383 g/mol. The first-order valence-corrected chi connectivity index (χ1v) is 10.6. The summed E-state index contributed by atoms with van der Waals surface area (Å²) in [6, 6.07) is 6.78. The van der Waals surface area contributed by atoms with Gasteiger partial charge in [-0.05, 0) is 44.1 Å². The summed E-state index contributed by atoms with van der Waals surface area (Å²) < 4.78 is 2.34. The first-order chi connectivity index (χ1) is 13.3. The van der Waals surface area contributed by atoms with Crippen molar-refractivity contribution >= 4 is 22.6 Å². The second-order valence-corrected chi connectivity index (χ2v) is 9.25. The molecule has 6 nitrogen and oxygen atoms in total. The van der Waals surface area contributed by atoms with E-state index in [0.29, 0.717) is 6.04 Å². The molecular formula is C22H33N5O. The summed E-state index contributed by atoms with van der Waals surface area (Å²) in [7, 11) is 0. The lowest BCUT2D eigenvalue weighted by Gasteiger charge is -2.33. The van der Waals surface area contributed by atoms with Crippen LogP contribution >= 0.6 is 0 Å². The Morgan fingerprint density at radius 1 is 1.25 bits per heavy atom. The molecule has 6 heteroatoms. The fourth-order valence-electron chi connectivity index (χ4n) is 4.44. The van der Waals surface area contributed by atoms with Crippen LogP contribution in [0.15, 0.2) is 18.2 Å². The van der Waals surface area contributed by atoms with Crippen molar-refractivity contribution in [1.29, 1.82) is 0 Å². The SMILES string of the molecule is CCN1CCC[C@H]1CN1CCn2c(nc3cc(NC(=O)C(C)(C)C)ccc32)C1.